The van der Waals surface area contributed by atoms with E-state index in [2.05, 4.69) is 20.3 Å². The van der Waals surface area contributed by atoms with E-state index < -0.39 is 0 Å². The minimum absolute atomic E-state index is 0.0881. The van der Waals surface area contributed by atoms with E-state index in [-0.39, 0.29) is 18.7 Å². The molecule has 3 aromatic rings. The Labute approximate surface area is 150 Å². The molecule has 1 amide bonds. The van der Waals surface area contributed by atoms with Gasteiger partial charge in [0.05, 0.1) is 12.2 Å². The van der Waals surface area contributed by atoms with E-state index in [4.69, 9.17) is 4.74 Å². The van der Waals surface area contributed by atoms with E-state index in [9.17, 15) is 4.79 Å². The van der Waals surface area contributed by atoms with E-state index in [1.165, 1.54) is 6.33 Å². The third kappa shape index (κ3) is 3.53. The molecule has 0 N–H and O–H groups in total. The van der Waals surface area contributed by atoms with E-state index >= 15 is 0 Å². The topological polar surface area (TPSA) is 86.0 Å². The maximum absolute atomic E-state index is 12.3. The summed E-state index contributed by atoms with van der Waals surface area (Å²) in [4.78, 5) is 22.0. The average molecular weight is 350 g/mol. The summed E-state index contributed by atoms with van der Waals surface area (Å²) in [5, 5.41) is 8.37. The Morgan fingerprint density at radius 1 is 1.19 bits per heavy atom. The van der Waals surface area contributed by atoms with Crippen LogP contribution < -0.4 is 0 Å². The van der Waals surface area contributed by atoms with Crippen molar-refractivity contribution in [1.29, 1.82) is 0 Å². The number of aromatic nitrogens is 5. The molecule has 2 aromatic heterocycles. The summed E-state index contributed by atoms with van der Waals surface area (Å²) in [6, 6.07) is 9.74. The number of amides is 1. The molecule has 4 rings (SSSR count). The van der Waals surface area contributed by atoms with Crippen LogP contribution in [-0.4, -0.2) is 49.0 Å². The Morgan fingerprint density at radius 2 is 2.00 bits per heavy atom. The fraction of sp³-hybridized carbons (Fsp3) is 0.278. The molecule has 26 heavy (non-hydrogen) atoms. The second-order valence-corrected chi connectivity index (χ2v) is 6.14. The van der Waals surface area contributed by atoms with Crippen LogP contribution in [0.3, 0.4) is 0 Å². The Bertz CT molecular complexity index is 868. The summed E-state index contributed by atoms with van der Waals surface area (Å²) < 4.78 is 7.19. The van der Waals surface area contributed by atoms with Crippen LogP contribution in [0, 0.1) is 0 Å². The number of hydrogen-bond acceptors (Lipinski definition) is 6. The van der Waals surface area contributed by atoms with Crippen LogP contribution in [-0.2, 0) is 11.3 Å². The molecule has 1 atom stereocenters. The minimum atomic E-state index is -0.298. The Balaban J connectivity index is 1.35. The Hall–Kier alpha value is -3.29. The van der Waals surface area contributed by atoms with Crippen LogP contribution in [0.4, 0.5) is 4.79 Å². The number of likely N-dealkylation sites (tertiary alicyclic amines) is 1. The minimum Gasteiger partial charge on any atom is -0.445 e. The highest BCUT2D eigenvalue weighted by molar-refractivity contribution is 5.68. The van der Waals surface area contributed by atoms with Crippen molar-refractivity contribution in [2.45, 2.75) is 19.1 Å². The Morgan fingerprint density at radius 3 is 2.81 bits per heavy atom. The summed E-state index contributed by atoms with van der Waals surface area (Å²) in [6.45, 7) is 1.48. The average Bonchev–Trinajstić information content (AvgIpc) is 3.37. The third-order valence-corrected chi connectivity index (χ3v) is 4.37. The first kappa shape index (κ1) is 16.2. The van der Waals surface area contributed by atoms with E-state index in [1.54, 1.807) is 22.0 Å². The summed E-state index contributed by atoms with van der Waals surface area (Å²) in [5.74, 6) is 0. The second kappa shape index (κ2) is 7.30. The van der Waals surface area contributed by atoms with E-state index in [0.717, 1.165) is 23.2 Å². The van der Waals surface area contributed by atoms with Crippen molar-refractivity contribution < 1.29 is 9.53 Å². The van der Waals surface area contributed by atoms with Crippen molar-refractivity contribution >= 4 is 6.09 Å². The zero-order chi connectivity index (χ0) is 17.8. The zero-order valence-electron chi connectivity index (χ0n) is 14.1. The van der Waals surface area contributed by atoms with Crippen molar-refractivity contribution in [3.63, 3.8) is 0 Å². The van der Waals surface area contributed by atoms with Gasteiger partial charge in [0.2, 0.25) is 0 Å². The summed E-state index contributed by atoms with van der Waals surface area (Å²) >= 11 is 0. The first-order valence-electron chi connectivity index (χ1n) is 8.42. The van der Waals surface area contributed by atoms with Crippen molar-refractivity contribution in [1.82, 2.24) is 29.9 Å². The summed E-state index contributed by atoms with van der Waals surface area (Å²) in [7, 11) is 0. The van der Waals surface area contributed by atoms with Gasteiger partial charge in [-0.25, -0.2) is 19.4 Å². The monoisotopic (exact) mass is 350 g/mol. The van der Waals surface area contributed by atoms with Gasteiger partial charge < -0.3 is 9.64 Å². The maximum Gasteiger partial charge on any atom is 0.410 e. The molecule has 1 aromatic carbocycles. The maximum atomic E-state index is 12.3. The smallest absolute Gasteiger partial charge is 0.410 e. The van der Waals surface area contributed by atoms with Crippen LogP contribution in [0.25, 0.3) is 11.3 Å². The van der Waals surface area contributed by atoms with Crippen LogP contribution in [0.1, 0.15) is 18.0 Å². The summed E-state index contributed by atoms with van der Waals surface area (Å²) in [5.41, 5.74) is 2.51. The molecular weight excluding hydrogens is 332 g/mol. The number of carbonyl (C=O) groups is 1. The number of carbonyl (C=O) groups excluding carboxylic acids is 1. The van der Waals surface area contributed by atoms with Gasteiger partial charge in [0, 0.05) is 31.0 Å². The standard InChI is InChI=1S/C18H18N6O2/c25-18(26-12-14-4-2-1-3-5-14)23-7-6-16(10-23)24-11-17(21-22-24)15-8-19-13-20-9-15/h1-5,8-9,11,13,16H,6-7,10,12H2/t16-/m1/s1. The predicted molar refractivity (Wildman–Crippen MR) is 92.9 cm³/mol. The van der Waals surface area contributed by atoms with E-state index in [1.807, 2.05) is 36.5 Å². The van der Waals surface area contributed by atoms with Gasteiger partial charge in [0.15, 0.2) is 0 Å². The lowest BCUT2D eigenvalue weighted by atomic mass is 10.2. The molecule has 1 fully saturated rings. The summed E-state index contributed by atoms with van der Waals surface area (Å²) in [6.07, 6.45) is 7.25. The third-order valence-electron chi connectivity index (χ3n) is 4.37. The zero-order valence-corrected chi connectivity index (χ0v) is 14.1. The molecule has 132 valence electrons. The van der Waals surface area contributed by atoms with Gasteiger partial charge in [-0.2, -0.15) is 0 Å². The molecule has 1 aliphatic heterocycles. The molecule has 0 unspecified atom stereocenters. The van der Waals surface area contributed by atoms with Gasteiger partial charge in [-0.1, -0.05) is 35.5 Å². The molecule has 8 heteroatoms. The van der Waals surface area contributed by atoms with Gasteiger partial charge in [0.1, 0.15) is 18.6 Å². The van der Waals surface area contributed by atoms with Crippen LogP contribution >= 0.6 is 0 Å². The number of ether oxygens (including phenoxy) is 1. The van der Waals surface area contributed by atoms with Crippen molar-refractivity contribution in [3.05, 3.63) is 60.8 Å². The number of nitrogens with zero attached hydrogens (tertiary/aromatic N) is 6. The number of rotatable bonds is 4. The lowest BCUT2D eigenvalue weighted by molar-refractivity contribution is 0.103. The molecule has 3 heterocycles. The van der Waals surface area contributed by atoms with Crippen molar-refractivity contribution in [3.8, 4) is 11.3 Å². The molecule has 8 nitrogen and oxygen atoms in total. The molecule has 0 spiro atoms. The quantitative estimate of drug-likeness (QED) is 0.718. The number of hydrogen-bond donors (Lipinski definition) is 0. The number of benzene rings is 1. The van der Waals surface area contributed by atoms with Crippen molar-refractivity contribution in [2.24, 2.45) is 0 Å². The highest BCUT2D eigenvalue weighted by atomic mass is 16.6. The molecule has 1 saturated heterocycles. The lowest BCUT2D eigenvalue weighted by Crippen LogP contribution is -2.29. The van der Waals surface area contributed by atoms with Crippen LogP contribution in [0.2, 0.25) is 0 Å². The molecule has 0 radical (unpaired) electrons. The fourth-order valence-electron chi connectivity index (χ4n) is 2.95. The highest BCUT2D eigenvalue weighted by Gasteiger charge is 2.29. The van der Waals surface area contributed by atoms with Gasteiger partial charge >= 0.3 is 6.09 Å². The van der Waals surface area contributed by atoms with Gasteiger partial charge in [-0.05, 0) is 12.0 Å². The molecule has 0 bridgehead atoms. The first-order valence-corrected chi connectivity index (χ1v) is 8.42. The van der Waals surface area contributed by atoms with E-state index in [0.29, 0.717) is 13.1 Å². The fourth-order valence-corrected chi connectivity index (χ4v) is 2.95. The molecule has 0 aliphatic carbocycles. The largest absolute Gasteiger partial charge is 0.445 e. The van der Waals surface area contributed by atoms with Crippen LogP contribution in [0.5, 0.6) is 0 Å². The molecule has 1 aliphatic rings. The predicted octanol–water partition coefficient (Wildman–Crippen LogP) is 2.32. The molecular formula is C18H18N6O2. The lowest BCUT2D eigenvalue weighted by Gasteiger charge is -2.16. The van der Waals surface area contributed by atoms with Crippen LogP contribution in [0.15, 0.2) is 55.2 Å². The first-order chi connectivity index (χ1) is 12.8. The molecule has 0 saturated carbocycles. The SMILES string of the molecule is O=C(OCc1ccccc1)N1CC[C@@H](n2cc(-c3cncnc3)nn2)C1. The highest BCUT2D eigenvalue weighted by Crippen LogP contribution is 2.23. The van der Waals surface area contributed by atoms with Crippen molar-refractivity contribution in [2.75, 3.05) is 13.1 Å². The second-order valence-electron chi connectivity index (χ2n) is 6.14. The van der Waals surface area contributed by atoms with Gasteiger partial charge in [0.25, 0.3) is 0 Å². The van der Waals surface area contributed by atoms with Gasteiger partial charge in [-0.15, -0.1) is 5.10 Å². The normalized spacial score (nSPS) is 16.6. The Kier molecular flexibility index (Phi) is 4.55. The van der Waals surface area contributed by atoms with Gasteiger partial charge in [-0.3, -0.25) is 0 Å².